The molecule has 0 bridgehead atoms. The summed E-state index contributed by atoms with van der Waals surface area (Å²) in [6.07, 6.45) is 4.09. The standard InChI is InChI=1S/C10H22N2/c1-4-9(11-3)8-12(5-2)10-6-7-10/h9-11H,4-8H2,1-3H3. The lowest BCUT2D eigenvalue weighted by atomic mass is 10.2. The second kappa shape index (κ2) is 4.83. The maximum atomic E-state index is 3.36. The molecule has 0 radical (unpaired) electrons. The van der Waals surface area contributed by atoms with Gasteiger partial charge in [0.05, 0.1) is 0 Å². The monoisotopic (exact) mass is 170 g/mol. The lowest BCUT2D eigenvalue weighted by Crippen LogP contribution is -2.40. The van der Waals surface area contributed by atoms with Gasteiger partial charge in [-0.3, -0.25) is 4.90 Å². The number of likely N-dealkylation sites (N-methyl/N-ethyl adjacent to an activating group) is 2. The Morgan fingerprint density at radius 2 is 2.08 bits per heavy atom. The van der Waals surface area contributed by atoms with Crippen molar-refractivity contribution < 1.29 is 0 Å². The number of nitrogens with one attached hydrogen (secondary N) is 1. The lowest BCUT2D eigenvalue weighted by molar-refractivity contribution is 0.245. The Kier molecular flexibility index (Phi) is 4.02. The van der Waals surface area contributed by atoms with Crippen molar-refractivity contribution >= 4 is 0 Å². The zero-order chi connectivity index (χ0) is 8.97. The predicted octanol–water partition coefficient (Wildman–Crippen LogP) is 1.47. The molecule has 1 atom stereocenters. The van der Waals surface area contributed by atoms with Crippen LogP contribution in [0.5, 0.6) is 0 Å². The molecule has 0 aromatic rings. The molecule has 1 unspecified atom stereocenters. The highest BCUT2D eigenvalue weighted by molar-refractivity contribution is 4.85. The van der Waals surface area contributed by atoms with Crippen LogP contribution < -0.4 is 5.32 Å². The van der Waals surface area contributed by atoms with Gasteiger partial charge in [-0.1, -0.05) is 13.8 Å². The molecule has 0 aromatic carbocycles. The Morgan fingerprint density at radius 3 is 2.42 bits per heavy atom. The summed E-state index contributed by atoms with van der Waals surface area (Å²) in [7, 11) is 2.06. The minimum Gasteiger partial charge on any atom is -0.316 e. The highest BCUT2D eigenvalue weighted by Gasteiger charge is 2.28. The van der Waals surface area contributed by atoms with Crippen molar-refractivity contribution in [1.29, 1.82) is 0 Å². The Bertz CT molecular complexity index is 117. The van der Waals surface area contributed by atoms with Crippen molar-refractivity contribution in [3.8, 4) is 0 Å². The van der Waals surface area contributed by atoms with E-state index in [9.17, 15) is 0 Å². The molecule has 12 heavy (non-hydrogen) atoms. The van der Waals surface area contributed by atoms with Crippen LogP contribution in [-0.2, 0) is 0 Å². The molecule has 0 aliphatic heterocycles. The molecular weight excluding hydrogens is 148 g/mol. The molecule has 0 amide bonds. The fraction of sp³-hybridized carbons (Fsp3) is 1.00. The Morgan fingerprint density at radius 1 is 1.42 bits per heavy atom. The number of hydrogen-bond acceptors (Lipinski definition) is 2. The average molecular weight is 170 g/mol. The van der Waals surface area contributed by atoms with Gasteiger partial charge in [-0.15, -0.1) is 0 Å². The first-order chi connectivity index (χ1) is 5.81. The van der Waals surface area contributed by atoms with E-state index in [0.717, 1.165) is 6.04 Å². The van der Waals surface area contributed by atoms with Crippen molar-refractivity contribution in [2.24, 2.45) is 0 Å². The third-order valence-electron chi connectivity index (χ3n) is 2.83. The van der Waals surface area contributed by atoms with Gasteiger partial charge in [-0.05, 0) is 32.9 Å². The van der Waals surface area contributed by atoms with Gasteiger partial charge < -0.3 is 5.32 Å². The van der Waals surface area contributed by atoms with Crippen LogP contribution in [0.15, 0.2) is 0 Å². The molecule has 1 fully saturated rings. The highest BCUT2D eigenvalue weighted by Crippen LogP contribution is 2.26. The fourth-order valence-electron chi connectivity index (χ4n) is 1.68. The summed E-state index contributed by atoms with van der Waals surface area (Å²) in [5, 5.41) is 3.36. The SMILES string of the molecule is CCC(CN(CC)C1CC1)NC. The summed E-state index contributed by atoms with van der Waals surface area (Å²) >= 11 is 0. The molecule has 2 heteroatoms. The van der Waals surface area contributed by atoms with Crippen molar-refractivity contribution in [2.75, 3.05) is 20.1 Å². The van der Waals surface area contributed by atoms with Crippen LogP contribution in [0.2, 0.25) is 0 Å². The summed E-state index contributed by atoms with van der Waals surface area (Å²) in [6, 6.07) is 1.60. The maximum Gasteiger partial charge on any atom is 0.0189 e. The first-order valence-electron chi connectivity index (χ1n) is 5.23. The van der Waals surface area contributed by atoms with E-state index in [2.05, 4.69) is 31.1 Å². The smallest absolute Gasteiger partial charge is 0.0189 e. The van der Waals surface area contributed by atoms with Crippen LogP contribution in [0.1, 0.15) is 33.1 Å². The van der Waals surface area contributed by atoms with Crippen molar-refractivity contribution in [3.63, 3.8) is 0 Å². The van der Waals surface area contributed by atoms with Crippen LogP contribution >= 0.6 is 0 Å². The van der Waals surface area contributed by atoms with Crippen molar-refractivity contribution in [1.82, 2.24) is 10.2 Å². The molecule has 0 aromatic heterocycles. The summed E-state index contributed by atoms with van der Waals surface area (Å²) in [6.45, 7) is 6.96. The molecule has 0 heterocycles. The minimum absolute atomic E-state index is 0.686. The third-order valence-corrected chi connectivity index (χ3v) is 2.83. The van der Waals surface area contributed by atoms with E-state index in [-0.39, 0.29) is 0 Å². The molecule has 1 rings (SSSR count). The van der Waals surface area contributed by atoms with Crippen LogP contribution in [-0.4, -0.2) is 37.1 Å². The van der Waals surface area contributed by atoms with E-state index in [1.54, 1.807) is 0 Å². The Labute approximate surface area is 76.3 Å². The average Bonchev–Trinajstić information content (AvgIpc) is 2.90. The van der Waals surface area contributed by atoms with Gasteiger partial charge in [0.2, 0.25) is 0 Å². The largest absolute Gasteiger partial charge is 0.316 e. The number of nitrogens with zero attached hydrogens (tertiary/aromatic N) is 1. The normalized spacial score (nSPS) is 20.0. The molecule has 0 spiro atoms. The molecule has 1 aliphatic rings. The van der Waals surface area contributed by atoms with Gasteiger partial charge >= 0.3 is 0 Å². The molecule has 72 valence electrons. The second-order valence-electron chi connectivity index (χ2n) is 3.71. The molecule has 1 saturated carbocycles. The highest BCUT2D eigenvalue weighted by atomic mass is 15.2. The lowest BCUT2D eigenvalue weighted by Gasteiger charge is -2.25. The Balaban J connectivity index is 2.24. The van der Waals surface area contributed by atoms with E-state index >= 15 is 0 Å². The molecule has 1 aliphatic carbocycles. The van der Waals surface area contributed by atoms with E-state index in [1.807, 2.05) is 0 Å². The van der Waals surface area contributed by atoms with E-state index < -0.39 is 0 Å². The maximum absolute atomic E-state index is 3.36. The fourth-order valence-corrected chi connectivity index (χ4v) is 1.68. The molecule has 1 N–H and O–H groups in total. The summed E-state index contributed by atoms with van der Waals surface area (Å²) in [5.74, 6) is 0. The van der Waals surface area contributed by atoms with Gasteiger partial charge in [0.25, 0.3) is 0 Å². The van der Waals surface area contributed by atoms with E-state index in [0.29, 0.717) is 6.04 Å². The van der Waals surface area contributed by atoms with Crippen molar-refractivity contribution in [2.45, 2.75) is 45.2 Å². The summed E-state index contributed by atoms with van der Waals surface area (Å²) < 4.78 is 0. The summed E-state index contributed by atoms with van der Waals surface area (Å²) in [5.41, 5.74) is 0. The number of hydrogen-bond donors (Lipinski definition) is 1. The second-order valence-corrected chi connectivity index (χ2v) is 3.71. The summed E-state index contributed by atoms with van der Waals surface area (Å²) in [4.78, 5) is 2.60. The quantitative estimate of drug-likeness (QED) is 0.649. The van der Waals surface area contributed by atoms with Crippen LogP contribution in [0.4, 0.5) is 0 Å². The number of rotatable bonds is 6. The zero-order valence-corrected chi connectivity index (χ0v) is 8.64. The van der Waals surface area contributed by atoms with Crippen LogP contribution in [0, 0.1) is 0 Å². The molecular formula is C10H22N2. The van der Waals surface area contributed by atoms with E-state index in [4.69, 9.17) is 0 Å². The van der Waals surface area contributed by atoms with E-state index in [1.165, 1.54) is 32.4 Å². The van der Waals surface area contributed by atoms with Gasteiger partial charge in [-0.2, -0.15) is 0 Å². The third kappa shape index (κ3) is 2.76. The Hall–Kier alpha value is -0.0800. The van der Waals surface area contributed by atoms with Gasteiger partial charge in [0, 0.05) is 18.6 Å². The zero-order valence-electron chi connectivity index (χ0n) is 8.64. The first kappa shape index (κ1) is 10.0. The first-order valence-corrected chi connectivity index (χ1v) is 5.23. The van der Waals surface area contributed by atoms with Gasteiger partial charge in [0.1, 0.15) is 0 Å². The topological polar surface area (TPSA) is 15.3 Å². The molecule has 2 nitrogen and oxygen atoms in total. The van der Waals surface area contributed by atoms with Crippen LogP contribution in [0.25, 0.3) is 0 Å². The van der Waals surface area contributed by atoms with Gasteiger partial charge in [0.15, 0.2) is 0 Å². The minimum atomic E-state index is 0.686. The van der Waals surface area contributed by atoms with Gasteiger partial charge in [-0.25, -0.2) is 0 Å². The van der Waals surface area contributed by atoms with Crippen molar-refractivity contribution in [3.05, 3.63) is 0 Å². The van der Waals surface area contributed by atoms with Crippen LogP contribution in [0.3, 0.4) is 0 Å². The predicted molar refractivity (Wildman–Crippen MR) is 53.4 cm³/mol. The molecule has 0 saturated heterocycles.